The van der Waals surface area contributed by atoms with E-state index in [-0.39, 0.29) is 0 Å². The first kappa shape index (κ1) is 24.2. The van der Waals surface area contributed by atoms with E-state index in [9.17, 15) is 0 Å². The summed E-state index contributed by atoms with van der Waals surface area (Å²) in [6.07, 6.45) is 0. The minimum Gasteiger partial charge on any atom is -0.455 e. The van der Waals surface area contributed by atoms with Crippen molar-refractivity contribution >= 4 is 81.3 Å². The Morgan fingerprint density at radius 1 is 0.465 bits per heavy atom. The third-order valence-corrected chi connectivity index (χ3v) is 9.67. The number of rotatable bonds is 4. The molecule has 0 fully saturated rings. The molecule has 43 heavy (non-hydrogen) atoms. The van der Waals surface area contributed by atoms with Crippen LogP contribution in [0.2, 0.25) is 0 Å². The maximum Gasteiger partial charge on any atom is 0.143 e. The van der Waals surface area contributed by atoms with Crippen LogP contribution in [0.4, 0.5) is 17.1 Å². The first-order chi connectivity index (χ1) is 21.3. The van der Waals surface area contributed by atoms with Gasteiger partial charge in [-0.3, -0.25) is 0 Å². The summed E-state index contributed by atoms with van der Waals surface area (Å²) in [6.45, 7) is 0. The van der Waals surface area contributed by atoms with E-state index in [1.54, 1.807) is 0 Å². The predicted octanol–water partition coefficient (Wildman–Crippen LogP) is 12.2. The summed E-state index contributed by atoms with van der Waals surface area (Å²) >= 11 is 1.86. The lowest BCUT2D eigenvalue weighted by molar-refractivity contribution is 0.672. The lowest BCUT2D eigenvalue weighted by Crippen LogP contribution is -2.11. The van der Waals surface area contributed by atoms with Crippen LogP contribution in [-0.2, 0) is 0 Å². The predicted molar refractivity (Wildman–Crippen MR) is 184 cm³/mol. The van der Waals surface area contributed by atoms with Crippen molar-refractivity contribution < 1.29 is 4.42 Å². The van der Waals surface area contributed by atoms with Crippen molar-refractivity contribution in [1.82, 2.24) is 0 Å². The van der Waals surface area contributed by atoms with Crippen LogP contribution >= 0.6 is 11.3 Å². The average molecular weight is 568 g/mol. The van der Waals surface area contributed by atoms with Crippen molar-refractivity contribution in [2.24, 2.45) is 0 Å². The van der Waals surface area contributed by atoms with Crippen molar-refractivity contribution in [1.29, 1.82) is 0 Å². The van der Waals surface area contributed by atoms with E-state index in [1.165, 1.54) is 36.7 Å². The van der Waals surface area contributed by atoms with Gasteiger partial charge in [-0.1, -0.05) is 115 Å². The van der Waals surface area contributed by atoms with Crippen molar-refractivity contribution in [3.8, 4) is 11.1 Å². The summed E-state index contributed by atoms with van der Waals surface area (Å²) in [4.78, 5) is 2.45. The number of benzene rings is 7. The summed E-state index contributed by atoms with van der Waals surface area (Å²) in [5.41, 5.74) is 7.55. The smallest absolute Gasteiger partial charge is 0.143 e. The monoisotopic (exact) mass is 567 g/mol. The quantitative estimate of drug-likeness (QED) is 0.210. The molecule has 0 saturated carbocycles. The maximum absolute atomic E-state index is 6.65. The number of nitrogens with zero attached hydrogens (tertiary/aromatic N) is 1. The van der Waals surface area contributed by atoms with Gasteiger partial charge in [0.25, 0.3) is 0 Å². The summed E-state index contributed by atoms with van der Waals surface area (Å²) in [5, 5.41) is 7.11. The second-order valence-electron chi connectivity index (χ2n) is 10.9. The zero-order valence-electron chi connectivity index (χ0n) is 23.2. The second kappa shape index (κ2) is 9.59. The first-order valence-corrected chi connectivity index (χ1v) is 15.3. The van der Waals surface area contributed by atoms with Gasteiger partial charge in [0, 0.05) is 31.8 Å². The van der Waals surface area contributed by atoms with Gasteiger partial charge in [0.05, 0.1) is 27.1 Å². The minimum absolute atomic E-state index is 0.884. The molecular formula is C40H25NOS. The van der Waals surface area contributed by atoms with E-state index in [0.29, 0.717) is 0 Å². The molecular weight excluding hydrogens is 543 g/mol. The largest absolute Gasteiger partial charge is 0.455 e. The normalized spacial score (nSPS) is 11.7. The van der Waals surface area contributed by atoms with Crippen molar-refractivity contribution in [3.63, 3.8) is 0 Å². The number of thiophene rings is 1. The van der Waals surface area contributed by atoms with Gasteiger partial charge in [-0.05, 0) is 47.3 Å². The molecule has 2 aromatic heterocycles. The molecule has 0 N–H and O–H groups in total. The molecule has 9 aromatic rings. The van der Waals surface area contributed by atoms with Crippen molar-refractivity contribution in [2.75, 3.05) is 4.90 Å². The molecule has 0 spiro atoms. The fraction of sp³-hybridized carbons (Fsp3) is 0. The molecule has 0 saturated heterocycles. The molecule has 202 valence electrons. The Morgan fingerprint density at radius 3 is 2.09 bits per heavy atom. The first-order valence-electron chi connectivity index (χ1n) is 14.5. The van der Waals surface area contributed by atoms with E-state index in [4.69, 9.17) is 4.42 Å². The molecule has 0 bridgehead atoms. The van der Waals surface area contributed by atoms with Crippen LogP contribution in [0.15, 0.2) is 156 Å². The van der Waals surface area contributed by atoms with Gasteiger partial charge < -0.3 is 9.32 Å². The molecule has 0 amide bonds. The molecule has 3 heteroatoms. The second-order valence-corrected chi connectivity index (χ2v) is 11.9. The van der Waals surface area contributed by atoms with Gasteiger partial charge >= 0.3 is 0 Å². The topological polar surface area (TPSA) is 16.4 Å². The zero-order chi connectivity index (χ0) is 28.3. The number of para-hydroxylation sites is 1. The fourth-order valence-electron chi connectivity index (χ4n) is 6.55. The third-order valence-electron chi connectivity index (χ3n) is 8.46. The van der Waals surface area contributed by atoms with Crippen LogP contribution in [-0.4, -0.2) is 0 Å². The molecule has 2 nitrogen and oxygen atoms in total. The number of furan rings is 1. The van der Waals surface area contributed by atoms with Crippen LogP contribution in [0, 0.1) is 0 Å². The van der Waals surface area contributed by atoms with E-state index < -0.39 is 0 Å². The van der Waals surface area contributed by atoms with Crippen LogP contribution < -0.4 is 4.90 Å². The highest BCUT2D eigenvalue weighted by Crippen LogP contribution is 2.50. The van der Waals surface area contributed by atoms with Gasteiger partial charge in [-0.25, -0.2) is 0 Å². The molecule has 0 aliphatic carbocycles. The Kier molecular flexibility index (Phi) is 5.40. The summed E-state index contributed by atoms with van der Waals surface area (Å²) in [6, 6.07) is 54.2. The molecule has 0 aliphatic heterocycles. The highest BCUT2D eigenvalue weighted by Gasteiger charge is 2.24. The number of fused-ring (bicyclic) bond motifs is 8. The van der Waals surface area contributed by atoms with E-state index in [2.05, 4.69) is 157 Å². The Bertz CT molecular complexity index is 2470. The Labute approximate surface area is 252 Å². The maximum atomic E-state index is 6.65. The molecule has 0 aliphatic rings. The van der Waals surface area contributed by atoms with Crippen LogP contribution in [0.25, 0.3) is 64.0 Å². The lowest BCUT2D eigenvalue weighted by Gasteiger charge is -2.29. The summed E-state index contributed by atoms with van der Waals surface area (Å²) in [5.74, 6) is 0. The van der Waals surface area contributed by atoms with Crippen LogP contribution in [0.3, 0.4) is 0 Å². The number of anilines is 3. The highest BCUT2D eigenvalue weighted by molar-refractivity contribution is 7.26. The lowest BCUT2D eigenvalue weighted by atomic mass is 10.00. The molecule has 9 rings (SSSR count). The standard InChI is InChI=1S/C40H25NOS/c1-2-12-26(13-3-1)28-15-6-8-19-33(28)41(35-21-10-18-31-30-17-7-9-23-37(30)43-40(31)35)34-20-11-22-36-38(34)32-25-24-27-14-4-5-16-29(27)39(32)42-36/h1-25H. The van der Waals surface area contributed by atoms with Crippen LogP contribution in [0.1, 0.15) is 0 Å². The fourth-order valence-corrected chi connectivity index (χ4v) is 7.76. The molecule has 0 radical (unpaired) electrons. The van der Waals surface area contributed by atoms with Gasteiger partial charge in [-0.2, -0.15) is 0 Å². The molecule has 7 aromatic carbocycles. The van der Waals surface area contributed by atoms with Gasteiger partial charge in [0.2, 0.25) is 0 Å². The molecule has 2 heterocycles. The van der Waals surface area contributed by atoms with E-state index in [1.807, 2.05) is 11.3 Å². The minimum atomic E-state index is 0.884. The van der Waals surface area contributed by atoms with Crippen molar-refractivity contribution in [3.05, 3.63) is 152 Å². The zero-order valence-corrected chi connectivity index (χ0v) is 24.0. The highest BCUT2D eigenvalue weighted by atomic mass is 32.1. The SMILES string of the molecule is c1ccc(-c2ccccc2N(c2cccc3c2sc2ccccc23)c2cccc3oc4c5ccccc5ccc4c23)cc1. The number of hydrogen-bond acceptors (Lipinski definition) is 3. The van der Waals surface area contributed by atoms with E-state index in [0.717, 1.165) is 44.4 Å². The third kappa shape index (κ3) is 3.72. The van der Waals surface area contributed by atoms with Gasteiger partial charge in [0.1, 0.15) is 11.2 Å². The van der Waals surface area contributed by atoms with Crippen LogP contribution in [0.5, 0.6) is 0 Å². The van der Waals surface area contributed by atoms with Gasteiger partial charge in [-0.15, -0.1) is 11.3 Å². The Morgan fingerprint density at radius 2 is 1.16 bits per heavy atom. The molecule has 0 atom stereocenters. The van der Waals surface area contributed by atoms with E-state index >= 15 is 0 Å². The van der Waals surface area contributed by atoms with Crippen molar-refractivity contribution in [2.45, 2.75) is 0 Å². The summed E-state index contributed by atoms with van der Waals surface area (Å²) < 4.78 is 9.21. The summed E-state index contributed by atoms with van der Waals surface area (Å²) in [7, 11) is 0. The average Bonchev–Trinajstić information content (AvgIpc) is 3.65. The van der Waals surface area contributed by atoms with Gasteiger partial charge in [0.15, 0.2) is 0 Å². The number of hydrogen-bond donors (Lipinski definition) is 0. The Balaban J connectivity index is 1.42. The Hall–Kier alpha value is -5.38. The molecule has 0 unspecified atom stereocenters.